The molecule has 6 heteroatoms. The van der Waals surface area contributed by atoms with Crippen LogP contribution in [0.5, 0.6) is 17.2 Å². The SMILES string of the molecule is COc1ccc(C2=NN3[C@@H](c4cc(Br)ccc4OC)Oc4ccccc4[C@@H]3C2)cc1. The van der Waals surface area contributed by atoms with Crippen LogP contribution in [0, 0.1) is 0 Å². The zero-order valence-corrected chi connectivity index (χ0v) is 18.3. The average molecular weight is 465 g/mol. The highest BCUT2D eigenvalue weighted by molar-refractivity contribution is 9.10. The van der Waals surface area contributed by atoms with Gasteiger partial charge < -0.3 is 14.2 Å². The van der Waals surface area contributed by atoms with E-state index in [0.717, 1.165) is 50.5 Å². The highest BCUT2D eigenvalue weighted by Gasteiger charge is 2.41. The number of rotatable bonds is 4. The summed E-state index contributed by atoms with van der Waals surface area (Å²) in [5, 5.41) is 7.07. The minimum atomic E-state index is -0.381. The first kappa shape index (κ1) is 19.0. The number of halogens is 1. The second-order valence-electron chi connectivity index (χ2n) is 7.27. The Balaban J connectivity index is 1.60. The van der Waals surface area contributed by atoms with Crippen molar-refractivity contribution in [3.8, 4) is 17.2 Å². The topological polar surface area (TPSA) is 43.3 Å². The molecule has 2 heterocycles. The van der Waals surface area contributed by atoms with Gasteiger partial charge >= 0.3 is 0 Å². The van der Waals surface area contributed by atoms with Crippen molar-refractivity contribution in [3.63, 3.8) is 0 Å². The maximum Gasteiger partial charge on any atom is 0.217 e. The Morgan fingerprint density at radius 2 is 1.77 bits per heavy atom. The smallest absolute Gasteiger partial charge is 0.217 e. The Morgan fingerprint density at radius 3 is 2.53 bits per heavy atom. The molecular formula is C24H21BrN2O3. The molecule has 152 valence electrons. The Labute approximate surface area is 184 Å². The summed E-state index contributed by atoms with van der Waals surface area (Å²) < 4.78 is 18.3. The van der Waals surface area contributed by atoms with E-state index in [1.54, 1.807) is 14.2 Å². The van der Waals surface area contributed by atoms with Gasteiger partial charge in [0.15, 0.2) is 0 Å². The molecule has 5 nitrogen and oxygen atoms in total. The van der Waals surface area contributed by atoms with Gasteiger partial charge in [-0.3, -0.25) is 0 Å². The van der Waals surface area contributed by atoms with E-state index in [0.29, 0.717) is 0 Å². The maximum atomic E-state index is 6.45. The van der Waals surface area contributed by atoms with Crippen LogP contribution in [0.2, 0.25) is 0 Å². The number of hydrogen-bond acceptors (Lipinski definition) is 5. The van der Waals surface area contributed by atoms with Gasteiger partial charge in [0.25, 0.3) is 0 Å². The van der Waals surface area contributed by atoms with Crippen LogP contribution >= 0.6 is 15.9 Å². The number of para-hydroxylation sites is 1. The fourth-order valence-corrected chi connectivity index (χ4v) is 4.47. The summed E-state index contributed by atoms with van der Waals surface area (Å²) in [6.07, 6.45) is 0.424. The second kappa shape index (κ2) is 7.69. The summed E-state index contributed by atoms with van der Waals surface area (Å²) in [5.74, 6) is 2.49. The lowest BCUT2D eigenvalue weighted by atomic mass is 9.96. The first-order valence-corrected chi connectivity index (χ1v) is 10.6. The summed E-state index contributed by atoms with van der Waals surface area (Å²) in [7, 11) is 3.35. The van der Waals surface area contributed by atoms with Crippen LogP contribution < -0.4 is 14.2 Å². The van der Waals surface area contributed by atoms with E-state index in [4.69, 9.17) is 19.3 Å². The molecule has 30 heavy (non-hydrogen) atoms. The third-order valence-corrected chi connectivity index (χ3v) is 6.07. The van der Waals surface area contributed by atoms with Gasteiger partial charge in [0.2, 0.25) is 6.23 Å². The molecule has 0 spiro atoms. The minimum Gasteiger partial charge on any atom is -0.497 e. The molecule has 0 bridgehead atoms. The van der Waals surface area contributed by atoms with Crippen LogP contribution in [-0.4, -0.2) is 24.9 Å². The number of benzene rings is 3. The summed E-state index contributed by atoms with van der Waals surface area (Å²) in [6.45, 7) is 0. The monoisotopic (exact) mass is 464 g/mol. The fourth-order valence-electron chi connectivity index (χ4n) is 4.10. The standard InChI is InChI=1S/C24H21BrN2O3/c1-28-17-10-7-15(8-11-17)20-14-21-18-5-3-4-6-23(18)30-24(27(21)26-20)19-13-16(25)9-12-22(19)29-2/h3-13,21,24H,14H2,1-2H3/t21-,24+/m0/s1. The summed E-state index contributed by atoms with van der Waals surface area (Å²) in [5.41, 5.74) is 4.20. The number of fused-ring (bicyclic) bond motifs is 3. The number of hydrazone groups is 1. The molecule has 3 aromatic carbocycles. The molecule has 0 amide bonds. The van der Waals surface area contributed by atoms with Gasteiger partial charge in [0.05, 0.1) is 31.5 Å². The Bertz CT molecular complexity index is 1110. The van der Waals surface area contributed by atoms with Crippen LogP contribution in [0.4, 0.5) is 0 Å². The molecule has 0 saturated heterocycles. The predicted molar refractivity (Wildman–Crippen MR) is 119 cm³/mol. The molecule has 0 fully saturated rings. The van der Waals surface area contributed by atoms with E-state index in [1.165, 1.54) is 0 Å². The van der Waals surface area contributed by atoms with Crippen LogP contribution in [0.1, 0.15) is 35.4 Å². The Morgan fingerprint density at radius 1 is 0.967 bits per heavy atom. The average Bonchev–Trinajstić information content (AvgIpc) is 3.24. The molecule has 0 N–H and O–H groups in total. The van der Waals surface area contributed by atoms with Crippen molar-refractivity contribution < 1.29 is 14.2 Å². The quantitative estimate of drug-likeness (QED) is 0.495. The Kier molecular flexibility index (Phi) is 4.87. The lowest BCUT2D eigenvalue weighted by molar-refractivity contribution is -0.0203. The summed E-state index contributed by atoms with van der Waals surface area (Å²) >= 11 is 3.58. The fraction of sp³-hybridized carbons (Fsp3) is 0.208. The number of nitrogens with zero attached hydrogens (tertiary/aromatic N) is 2. The van der Waals surface area contributed by atoms with Crippen molar-refractivity contribution in [1.82, 2.24) is 5.01 Å². The maximum absolute atomic E-state index is 6.45. The van der Waals surface area contributed by atoms with Crippen LogP contribution in [0.25, 0.3) is 0 Å². The van der Waals surface area contributed by atoms with E-state index in [-0.39, 0.29) is 12.3 Å². The molecule has 5 rings (SSSR count). The van der Waals surface area contributed by atoms with Crippen molar-refractivity contribution in [2.24, 2.45) is 5.10 Å². The van der Waals surface area contributed by atoms with E-state index in [9.17, 15) is 0 Å². The molecule has 0 aliphatic carbocycles. The van der Waals surface area contributed by atoms with Gasteiger partial charge in [-0.05, 0) is 54.1 Å². The number of methoxy groups -OCH3 is 2. The Hall–Kier alpha value is -2.99. The van der Waals surface area contributed by atoms with Crippen molar-refractivity contribution >= 4 is 21.6 Å². The van der Waals surface area contributed by atoms with E-state index < -0.39 is 0 Å². The van der Waals surface area contributed by atoms with Gasteiger partial charge in [0.1, 0.15) is 17.2 Å². The van der Waals surface area contributed by atoms with Crippen LogP contribution in [0.15, 0.2) is 76.3 Å². The minimum absolute atomic E-state index is 0.0979. The van der Waals surface area contributed by atoms with E-state index in [2.05, 4.69) is 39.1 Å². The highest BCUT2D eigenvalue weighted by Crippen LogP contribution is 2.49. The molecular weight excluding hydrogens is 444 g/mol. The first-order chi connectivity index (χ1) is 14.7. The lowest BCUT2D eigenvalue weighted by Crippen LogP contribution is -2.33. The third-order valence-electron chi connectivity index (χ3n) is 5.58. The summed E-state index contributed by atoms with van der Waals surface area (Å²) in [4.78, 5) is 0. The molecule has 0 saturated carbocycles. The van der Waals surface area contributed by atoms with Crippen molar-refractivity contribution in [2.45, 2.75) is 18.7 Å². The second-order valence-corrected chi connectivity index (χ2v) is 8.19. The van der Waals surface area contributed by atoms with Crippen LogP contribution in [0.3, 0.4) is 0 Å². The van der Waals surface area contributed by atoms with Crippen molar-refractivity contribution in [2.75, 3.05) is 14.2 Å². The van der Waals surface area contributed by atoms with Gasteiger partial charge in [-0.15, -0.1) is 0 Å². The van der Waals surface area contributed by atoms with Crippen molar-refractivity contribution in [3.05, 3.63) is 87.9 Å². The molecule has 0 unspecified atom stereocenters. The molecule has 0 aromatic heterocycles. The zero-order valence-electron chi connectivity index (χ0n) is 16.7. The third kappa shape index (κ3) is 3.21. The molecule has 2 aliphatic heterocycles. The molecule has 0 radical (unpaired) electrons. The first-order valence-electron chi connectivity index (χ1n) is 9.77. The number of hydrogen-bond donors (Lipinski definition) is 0. The molecule has 3 aromatic rings. The normalized spacial score (nSPS) is 19.4. The van der Waals surface area contributed by atoms with Crippen LogP contribution in [-0.2, 0) is 0 Å². The van der Waals surface area contributed by atoms with Crippen molar-refractivity contribution in [1.29, 1.82) is 0 Å². The largest absolute Gasteiger partial charge is 0.497 e. The van der Waals surface area contributed by atoms with Gasteiger partial charge in [-0.25, -0.2) is 5.01 Å². The van der Waals surface area contributed by atoms with Gasteiger partial charge in [0, 0.05) is 16.5 Å². The molecule has 2 aliphatic rings. The summed E-state index contributed by atoms with van der Waals surface area (Å²) in [6, 6.07) is 22.3. The lowest BCUT2D eigenvalue weighted by Gasteiger charge is -2.38. The number of ether oxygens (including phenoxy) is 3. The highest BCUT2D eigenvalue weighted by atomic mass is 79.9. The molecule has 2 atom stereocenters. The van der Waals surface area contributed by atoms with Gasteiger partial charge in [-0.2, -0.15) is 5.10 Å². The van der Waals surface area contributed by atoms with E-state index in [1.807, 2.05) is 48.5 Å². The zero-order chi connectivity index (χ0) is 20.7. The predicted octanol–water partition coefficient (Wildman–Crippen LogP) is 5.71. The van der Waals surface area contributed by atoms with Gasteiger partial charge in [-0.1, -0.05) is 34.1 Å². The van der Waals surface area contributed by atoms with E-state index >= 15 is 0 Å².